The molecule has 0 heterocycles. The van der Waals surface area contributed by atoms with Gasteiger partial charge in [-0.2, -0.15) is 0 Å². The summed E-state index contributed by atoms with van der Waals surface area (Å²) in [6.07, 6.45) is -0.906. The summed E-state index contributed by atoms with van der Waals surface area (Å²) in [7, 11) is 2.93. The Hall–Kier alpha value is -1.13. The van der Waals surface area contributed by atoms with E-state index in [0.717, 1.165) is 0 Å². The number of rotatable bonds is 4. The molecule has 1 aromatic rings. The van der Waals surface area contributed by atoms with Gasteiger partial charge < -0.3 is 14.6 Å². The van der Waals surface area contributed by atoms with Crippen LogP contribution in [0.1, 0.15) is 24.2 Å². The van der Waals surface area contributed by atoms with Gasteiger partial charge in [0.15, 0.2) is 0 Å². The highest BCUT2D eigenvalue weighted by atomic mass is 19.1. The molecule has 4 heteroatoms. The lowest BCUT2D eigenvalue weighted by molar-refractivity contribution is 0.174. The number of aliphatic hydroxyl groups is 1. The SMILES string of the molecule is COCc1ccc(OC)c(C(C)O)c1F. The molecule has 0 aliphatic heterocycles. The van der Waals surface area contributed by atoms with Crippen LogP contribution in [0.15, 0.2) is 12.1 Å². The summed E-state index contributed by atoms with van der Waals surface area (Å²) in [6, 6.07) is 3.21. The minimum atomic E-state index is -0.906. The minimum absolute atomic E-state index is 0.173. The molecule has 1 unspecified atom stereocenters. The van der Waals surface area contributed by atoms with E-state index in [0.29, 0.717) is 11.3 Å². The average molecular weight is 214 g/mol. The van der Waals surface area contributed by atoms with Crippen molar-refractivity contribution in [2.75, 3.05) is 14.2 Å². The second-order valence-electron chi connectivity index (χ2n) is 3.26. The van der Waals surface area contributed by atoms with Gasteiger partial charge in [0, 0.05) is 12.7 Å². The van der Waals surface area contributed by atoms with Gasteiger partial charge in [-0.1, -0.05) is 6.07 Å². The van der Waals surface area contributed by atoms with Crippen LogP contribution in [0.4, 0.5) is 4.39 Å². The van der Waals surface area contributed by atoms with Crippen LogP contribution in [0.3, 0.4) is 0 Å². The molecule has 0 spiro atoms. The van der Waals surface area contributed by atoms with Crippen LogP contribution in [-0.4, -0.2) is 19.3 Å². The third-order valence-corrected chi connectivity index (χ3v) is 2.16. The van der Waals surface area contributed by atoms with Gasteiger partial charge in [-0.15, -0.1) is 0 Å². The highest BCUT2D eigenvalue weighted by molar-refractivity contribution is 5.40. The van der Waals surface area contributed by atoms with E-state index in [1.807, 2.05) is 0 Å². The molecule has 0 radical (unpaired) electrons. The summed E-state index contributed by atoms with van der Waals surface area (Å²) >= 11 is 0. The van der Waals surface area contributed by atoms with Gasteiger partial charge in [-0.05, 0) is 13.0 Å². The van der Waals surface area contributed by atoms with Crippen LogP contribution >= 0.6 is 0 Å². The molecule has 0 bridgehead atoms. The quantitative estimate of drug-likeness (QED) is 0.833. The van der Waals surface area contributed by atoms with Crippen molar-refractivity contribution >= 4 is 0 Å². The van der Waals surface area contributed by atoms with Crippen molar-refractivity contribution in [3.63, 3.8) is 0 Å². The van der Waals surface area contributed by atoms with Gasteiger partial charge in [-0.25, -0.2) is 4.39 Å². The van der Waals surface area contributed by atoms with Crippen molar-refractivity contribution in [2.45, 2.75) is 19.6 Å². The summed E-state index contributed by atoms with van der Waals surface area (Å²) in [5.41, 5.74) is 0.584. The van der Waals surface area contributed by atoms with Crippen molar-refractivity contribution in [2.24, 2.45) is 0 Å². The zero-order valence-corrected chi connectivity index (χ0v) is 9.08. The first-order chi connectivity index (χ1) is 7.11. The lowest BCUT2D eigenvalue weighted by atomic mass is 10.0. The fourth-order valence-corrected chi connectivity index (χ4v) is 1.45. The summed E-state index contributed by atoms with van der Waals surface area (Å²) in [5.74, 6) is -0.117. The molecule has 1 atom stereocenters. The molecule has 0 aliphatic carbocycles. The molecule has 0 aliphatic rings. The van der Waals surface area contributed by atoms with Gasteiger partial charge >= 0.3 is 0 Å². The number of aliphatic hydroxyl groups excluding tert-OH is 1. The minimum Gasteiger partial charge on any atom is -0.496 e. The van der Waals surface area contributed by atoms with Gasteiger partial charge in [0.2, 0.25) is 0 Å². The molecule has 1 rings (SSSR count). The maximum absolute atomic E-state index is 13.8. The second-order valence-corrected chi connectivity index (χ2v) is 3.26. The Bertz CT molecular complexity index is 337. The van der Waals surface area contributed by atoms with E-state index in [1.54, 1.807) is 12.1 Å². The molecule has 1 N–H and O–H groups in total. The first-order valence-electron chi connectivity index (χ1n) is 4.64. The third kappa shape index (κ3) is 2.46. The van der Waals surface area contributed by atoms with Gasteiger partial charge in [0.25, 0.3) is 0 Å². The van der Waals surface area contributed by atoms with E-state index in [4.69, 9.17) is 9.47 Å². The van der Waals surface area contributed by atoms with Crippen LogP contribution in [0.2, 0.25) is 0 Å². The first kappa shape index (κ1) is 11.9. The zero-order valence-electron chi connectivity index (χ0n) is 9.08. The molecular formula is C11H15FO3. The van der Waals surface area contributed by atoms with Gasteiger partial charge in [0.05, 0.1) is 25.4 Å². The van der Waals surface area contributed by atoms with E-state index in [9.17, 15) is 9.50 Å². The van der Waals surface area contributed by atoms with Crippen LogP contribution in [0.5, 0.6) is 5.75 Å². The van der Waals surface area contributed by atoms with Crippen molar-refractivity contribution in [3.05, 3.63) is 29.1 Å². The fourth-order valence-electron chi connectivity index (χ4n) is 1.45. The molecule has 0 amide bonds. The van der Waals surface area contributed by atoms with E-state index in [2.05, 4.69) is 0 Å². The second kappa shape index (κ2) is 5.09. The Morgan fingerprint density at radius 3 is 2.53 bits per heavy atom. The number of hydrogen-bond donors (Lipinski definition) is 1. The largest absolute Gasteiger partial charge is 0.496 e. The topological polar surface area (TPSA) is 38.7 Å². The predicted molar refractivity (Wildman–Crippen MR) is 54.3 cm³/mol. The standard InChI is InChI=1S/C11H15FO3/c1-7(13)10-9(15-3)5-4-8(6-14-2)11(10)12/h4-5,7,13H,6H2,1-3H3. The van der Waals surface area contributed by atoms with E-state index >= 15 is 0 Å². The number of halogens is 1. The third-order valence-electron chi connectivity index (χ3n) is 2.16. The molecule has 15 heavy (non-hydrogen) atoms. The van der Waals surface area contributed by atoms with Crippen molar-refractivity contribution < 1.29 is 19.0 Å². The highest BCUT2D eigenvalue weighted by Crippen LogP contribution is 2.30. The van der Waals surface area contributed by atoms with E-state index in [1.165, 1.54) is 21.1 Å². The lowest BCUT2D eigenvalue weighted by Gasteiger charge is -2.14. The molecular weight excluding hydrogens is 199 g/mol. The molecule has 84 valence electrons. The molecule has 0 saturated carbocycles. The molecule has 1 aromatic carbocycles. The van der Waals surface area contributed by atoms with Crippen LogP contribution in [-0.2, 0) is 11.3 Å². The zero-order chi connectivity index (χ0) is 11.4. The van der Waals surface area contributed by atoms with Crippen LogP contribution in [0.25, 0.3) is 0 Å². The average Bonchev–Trinajstić information content (AvgIpc) is 2.20. The molecule has 0 saturated heterocycles. The number of hydrogen-bond acceptors (Lipinski definition) is 3. The summed E-state index contributed by atoms with van der Waals surface area (Å²) in [6.45, 7) is 1.67. The van der Waals surface area contributed by atoms with E-state index < -0.39 is 11.9 Å². The summed E-state index contributed by atoms with van der Waals surface area (Å²) in [5, 5.41) is 9.45. The Kier molecular flexibility index (Phi) is 4.05. The number of ether oxygens (including phenoxy) is 2. The van der Waals surface area contributed by atoms with Gasteiger partial charge in [0.1, 0.15) is 11.6 Å². The molecule has 0 aromatic heterocycles. The van der Waals surface area contributed by atoms with Gasteiger partial charge in [-0.3, -0.25) is 0 Å². The highest BCUT2D eigenvalue weighted by Gasteiger charge is 2.17. The normalized spacial score (nSPS) is 12.6. The number of methoxy groups -OCH3 is 2. The smallest absolute Gasteiger partial charge is 0.138 e. The first-order valence-corrected chi connectivity index (χ1v) is 4.64. The lowest BCUT2D eigenvalue weighted by Crippen LogP contribution is -2.04. The maximum atomic E-state index is 13.8. The van der Waals surface area contributed by atoms with Crippen molar-refractivity contribution in [1.29, 1.82) is 0 Å². The Morgan fingerprint density at radius 2 is 2.07 bits per heavy atom. The molecule has 3 nitrogen and oxygen atoms in total. The summed E-state index contributed by atoms with van der Waals surface area (Å²) in [4.78, 5) is 0. The van der Waals surface area contributed by atoms with Crippen molar-refractivity contribution in [1.82, 2.24) is 0 Å². The monoisotopic (exact) mass is 214 g/mol. The predicted octanol–water partition coefficient (Wildman–Crippen LogP) is 2.03. The maximum Gasteiger partial charge on any atom is 0.138 e. The Balaban J connectivity index is 3.23. The fraction of sp³-hybridized carbons (Fsp3) is 0.455. The molecule has 0 fully saturated rings. The van der Waals surface area contributed by atoms with Crippen molar-refractivity contribution in [3.8, 4) is 5.75 Å². The Labute approximate surface area is 88.4 Å². The Morgan fingerprint density at radius 1 is 1.40 bits per heavy atom. The number of benzene rings is 1. The summed E-state index contributed by atoms with van der Waals surface area (Å²) < 4.78 is 23.7. The van der Waals surface area contributed by atoms with Crippen LogP contribution in [0, 0.1) is 5.82 Å². The van der Waals surface area contributed by atoms with E-state index in [-0.39, 0.29) is 12.2 Å². The van der Waals surface area contributed by atoms with Crippen LogP contribution < -0.4 is 4.74 Å².